The van der Waals surface area contributed by atoms with Gasteiger partial charge in [-0.2, -0.15) is 0 Å². The van der Waals surface area contributed by atoms with Crippen LogP contribution in [0.3, 0.4) is 0 Å². The Balaban J connectivity index is 2.09. The van der Waals surface area contributed by atoms with Crippen LogP contribution in [0.4, 0.5) is 5.69 Å². The molecule has 2 aromatic rings. The molecule has 6 heteroatoms. The molecule has 98 valence electrons. The molecule has 0 aliphatic heterocycles. The fourth-order valence-corrected chi connectivity index (χ4v) is 1.92. The summed E-state index contributed by atoms with van der Waals surface area (Å²) in [7, 11) is 0. The summed E-state index contributed by atoms with van der Waals surface area (Å²) in [6.45, 7) is 0.339. The van der Waals surface area contributed by atoms with Crippen LogP contribution in [-0.2, 0) is 6.61 Å². The van der Waals surface area contributed by atoms with Gasteiger partial charge in [0.1, 0.15) is 17.4 Å². The minimum absolute atomic E-state index is 0.0981. The van der Waals surface area contributed by atoms with Crippen molar-refractivity contribution in [2.45, 2.75) is 6.61 Å². The van der Waals surface area contributed by atoms with Gasteiger partial charge in [0.15, 0.2) is 0 Å². The maximum Gasteiger partial charge on any atom is 0.291 e. The predicted molar refractivity (Wildman–Crippen MR) is 76.6 cm³/mol. The van der Waals surface area contributed by atoms with Crippen LogP contribution in [0.1, 0.15) is 5.56 Å². The van der Waals surface area contributed by atoms with Gasteiger partial charge in [-0.05, 0) is 29.8 Å². The van der Waals surface area contributed by atoms with Gasteiger partial charge in [-0.25, -0.2) is 0 Å². The van der Waals surface area contributed by atoms with Crippen molar-refractivity contribution in [2.75, 3.05) is 0 Å². The van der Waals surface area contributed by atoms with E-state index in [0.717, 1.165) is 10.0 Å². The van der Waals surface area contributed by atoms with Crippen LogP contribution < -0.4 is 4.74 Å². The number of halogens is 2. The molecule has 0 unspecified atom stereocenters. The Morgan fingerprint density at radius 3 is 2.53 bits per heavy atom. The van der Waals surface area contributed by atoms with Crippen molar-refractivity contribution in [3.63, 3.8) is 0 Å². The summed E-state index contributed by atoms with van der Waals surface area (Å²) in [6.07, 6.45) is 0. The first kappa shape index (κ1) is 13.8. The van der Waals surface area contributed by atoms with Gasteiger partial charge in [-0.1, -0.05) is 39.7 Å². The minimum atomic E-state index is -0.533. The SMILES string of the molecule is O=[N+]([O-])c1cc(OCc2ccc(Br)cc2)ccc1Cl. The Morgan fingerprint density at radius 2 is 1.89 bits per heavy atom. The zero-order valence-electron chi connectivity index (χ0n) is 9.68. The Labute approximate surface area is 123 Å². The van der Waals surface area contributed by atoms with Gasteiger partial charge in [0.05, 0.1) is 11.0 Å². The maximum absolute atomic E-state index is 10.7. The molecule has 0 aliphatic carbocycles. The zero-order chi connectivity index (χ0) is 13.8. The molecule has 0 spiro atoms. The number of hydrogen-bond donors (Lipinski definition) is 0. The molecular weight excluding hydrogens is 334 g/mol. The van der Waals surface area contributed by atoms with Gasteiger partial charge < -0.3 is 4.74 Å². The van der Waals surface area contributed by atoms with E-state index in [-0.39, 0.29) is 10.7 Å². The van der Waals surface area contributed by atoms with Crippen molar-refractivity contribution in [1.29, 1.82) is 0 Å². The number of ether oxygens (including phenoxy) is 1. The van der Waals surface area contributed by atoms with Crippen molar-refractivity contribution >= 4 is 33.2 Å². The highest BCUT2D eigenvalue weighted by Crippen LogP contribution is 2.28. The van der Waals surface area contributed by atoms with Crippen molar-refractivity contribution in [2.24, 2.45) is 0 Å². The number of rotatable bonds is 4. The Kier molecular flexibility index (Phi) is 4.39. The molecule has 0 heterocycles. The first-order chi connectivity index (χ1) is 9.06. The summed E-state index contributed by atoms with van der Waals surface area (Å²) in [4.78, 5) is 10.2. The molecule has 0 atom stereocenters. The molecule has 0 amide bonds. The minimum Gasteiger partial charge on any atom is -0.489 e. The van der Waals surface area contributed by atoms with Gasteiger partial charge in [0, 0.05) is 4.47 Å². The third-order valence-corrected chi connectivity index (χ3v) is 3.28. The summed E-state index contributed by atoms with van der Waals surface area (Å²) >= 11 is 9.07. The Morgan fingerprint density at radius 1 is 1.21 bits per heavy atom. The second-order valence-corrected chi connectivity index (χ2v) is 5.11. The Bertz CT molecular complexity index is 601. The lowest BCUT2D eigenvalue weighted by molar-refractivity contribution is -0.384. The molecule has 0 aliphatic rings. The smallest absolute Gasteiger partial charge is 0.291 e. The van der Waals surface area contributed by atoms with Crippen LogP contribution in [0.15, 0.2) is 46.9 Å². The second kappa shape index (κ2) is 6.04. The third-order valence-electron chi connectivity index (χ3n) is 2.43. The lowest BCUT2D eigenvalue weighted by Crippen LogP contribution is -1.96. The van der Waals surface area contributed by atoms with Crippen molar-refractivity contribution in [1.82, 2.24) is 0 Å². The lowest BCUT2D eigenvalue weighted by atomic mass is 10.2. The zero-order valence-corrected chi connectivity index (χ0v) is 12.0. The van der Waals surface area contributed by atoms with E-state index in [1.807, 2.05) is 24.3 Å². The fourth-order valence-electron chi connectivity index (χ4n) is 1.47. The topological polar surface area (TPSA) is 52.4 Å². The van der Waals surface area contributed by atoms with E-state index < -0.39 is 4.92 Å². The van der Waals surface area contributed by atoms with Crippen molar-refractivity contribution in [3.8, 4) is 5.75 Å². The van der Waals surface area contributed by atoms with E-state index in [0.29, 0.717) is 12.4 Å². The van der Waals surface area contributed by atoms with Crippen LogP contribution in [0, 0.1) is 10.1 Å². The number of nitrogens with zero attached hydrogens (tertiary/aromatic N) is 1. The summed E-state index contributed by atoms with van der Waals surface area (Å²) < 4.78 is 6.48. The second-order valence-electron chi connectivity index (χ2n) is 3.79. The molecule has 2 rings (SSSR count). The summed E-state index contributed by atoms with van der Waals surface area (Å²) in [6, 6.07) is 12.0. The van der Waals surface area contributed by atoms with E-state index in [4.69, 9.17) is 16.3 Å². The highest BCUT2D eigenvalue weighted by molar-refractivity contribution is 9.10. The van der Waals surface area contributed by atoms with Gasteiger partial charge in [0.2, 0.25) is 0 Å². The maximum atomic E-state index is 10.7. The van der Waals surface area contributed by atoms with Crippen molar-refractivity contribution in [3.05, 3.63) is 67.6 Å². The first-order valence-corrected chi connectivity index (χ1v) is 6.54. The van der Waals surface area contributed by atoms with Crippen LogP contribution in [0.2, 0.25) is 5.02 Å². The number of nitro groups is 1. The molecule has 19 heavy (non-hydrogen) atoms. The lowest BCUT2D eigenvalue weighted by Gasteiger charge is -2.06. The van der Waals surface area contributed by atoms with Crippen LogP contribution in [0.5, 0.6) is 5.75 Å². The monoisotopic (exact) mass is 341 g/mol. The molecule has 0 saturated carbocycles. The molecule has 2 aromatic carbocycles. The highest BCUT2D eigenvalue weighted by Gasteiger charge is 2.13. The molecule has 0 bridgehead atoms. The van der Waals surface area contributed by atoms with Crippen molar-refractivity contribution < 1.29 is 9.66 Å². The molecule has 0 N–H and O–H groups in total. The molecule has 0 radical (unpaired) electrons. The number of benzene rings is 2. The largest absolute Gasteiger partial charge is 0.489 e. The summed E-state index contributed by atoms with van der Waals surface area (Å²) in [5.74, 6) is 0.416. The molecule has 0 aromatic heterocycles. The van der Waals surface area contributed by atoms with E-state index >= 15 is 0 Å². The van der Waals surface area contributed by atoms with E-state index in [2.05, 4.69) is 15.9 Å². The molecule has 0 fully saturated rings. The van der Waals surface area contributed by atoms with Gasteiger partial charge in [-0.3, -0.25) is 10.1 Å². The van der Waals surface area contributed by atoms with Gasteiger partial charge in [0.25, 0.3) is 5.69 Å². The van der Waals surface area contributed by atoms with Crippen LogP contribution in [-0.4, -0.2) is 4.92 Å². The average molecular weight is 343 g/mol. The van der Waals surface area contributed by atoms with E-state index in [1.54, 1.807) is 6.07 Å². The van der Waals surface area contributed by atoms with Gasteiger partial charge in [-0.15, -0.1) is 0 Å². The van der Waals surface area contributed by atoms with Gasteiger partial charge >= 0.3 is 0 Å². The molecule has 0 saturated heterocycles. The standard InChI is InChI=1S/C13H9BrClNO3/c14-10-3-1-9(2-4-10)8-19-11-5-6-12(15)13(7-11)16(17)18/h1-7H,8H2. The summed E-state index contributed by atoms with van der Waals surface area (Å²) in [5.41, 5.74) is 0.816. The van der Waals surface area contributed by atoms with Crippen LogP contribution >= 0.6 is 27.5 Å². The molecule has 4 nitrogen and oxygen atoms in total. The molecular formula is C13H9BrClNO3. The predicted octanol–water partition coefficient (Wildman–Crippen LogP) is 4.59. The highest BCUT2D eigenvalue weighted by atomic mass is 79.9. The van der Waals surface area contributed by atoms with Crippen LogP contribution in [0.25, 0.3) is 0 Å². The van der Waals surface area contributed by atoms with E-state index in [9.17, 15) is 10.1 Å². The number of hydrogen-bond acceptors (Lipinski definition) is 3. The van der Waals surface area contributed by atoms with E-state index in [1.165, 1.54) is 12.1 Å². The normalized spacial score (nSPS) is 10.2. The summed E-state index contributed by atoms with van der Waals surface area (Å²) in [5, 5.41) is 10.8. The fraction of sp³-hybridized carbons (Fsp3) is 0.0769. The average Bonchev–Trinajstić information content (AvgIpc) is 2.39. The third kappa shape index (κ3) is 3.68. The Hall–Kier alpha value is -1.59. The quantitative estimate of drug-likeness (QED) is 0.603. The number of nitro benzene ring substituents is 1. The first-order valence-electron chi connectivity index (χ1n) is 5.37.